The highest BCUT2D eigenvalue weighted by molar-refractivity contribution is 5.91. The van der Waals surface area contributed by atoms with E-state index in [0.29, 0.717) is 12.8 Å². The normalized spacial score (nSPS) is 38.9. The third-order valence-corrected chi connectivity index (χ3v) is 5.58. The molecule has 2 saturated heterocycles. The molecule has 0 bridgehead atoms. The second-order valence-electron chi connectivity index (χ2n) is 8.01. The second kappa shape index (κ2) is 7.20. The molecule has 0 radical (unpaired) electrons. The van der Waals surface area contributed by atoms with Crippen molar-refractivity contribution in [3.8, 4) is 0 Å². The number of ether oxygens (including phenoxy) is 4. The van der Waals surface area contributed by atoms with Crippen molar-refractivity contribution in [2.75, 3.05) is 0 Å². The van der Waals surface area contributed by atoms with E-state index in [1.54, 1.807) is 13.0 Å². The summed E-state index contributed by atoms with van der Waals surface area (Å²) in [7, 11) is 0. The number of fused-ring (bicyclic) bond motifs is 2. The molecular weight excluding hydrogens is 364 g/mol. The summed E-state index contributed by atoms with van der Waals surface area (Å²) in [5, 5.41) is 0. The first kappa shape index (κ1) is 20.3. The van der Waals surface area contributed by atoms with E-state index in [-0.39, 0.29) is 17.3 Å². The van der Waals surface area contributed by atoms with Gasteiger partial charge in [0.25, 0.3) is 0 Å². The molecular formula is C21H26O7. The topological polar surface area (TPSA) is 91.4 Å². The summed E-state index contributed by atoms with van der Waals surface area (Å²) >= 11 is 0. The van der Waals surface area contributed by atoms with Crippen molar-refractivity contribution < 1.29 is 33.3 Å². The highest BCUT2D eigenvalue weighted by Crippen LogP contribution is 2.48. The fourth-order valence-electron chi connectivity index (χ4n) is 3.92. The van der Waals surface area contributed by atoms with Gasteiger partial charge in [-0.2, -0.15) is 0 Å². The Balaban J connectivity index is 1.99. The lowest BCUT2D eigenvalue weighted by atomic mass is 9.82. The van der Waals surface area contributed by atoms with Crippen molar-refractivity contribution in [3.63, 3.8) is 0 Å². The predicted molar refractivity (Wildman–Crippen MR) is 99.0 cm³/mol. The van der Waals surface area contributed by atoms with E-state index in [4.69, 9.17) is 18.9 Å². The highest BCUT2D eigenvalue weighted by Gasteiger charge is 2.58. The molecule has 3 rings (SSSR count). The SMILES string of the molecule is C=C(C)C(=O)OC1CC2(C)OC2CC(OC(C)=O)/C(C)=C/C2OC(=O)C(=C)C21. The summed E-state index contributed by atoms with van der Waals surface area (Å²) in [5.74, 6) is -2.01. The van der Waals surface area contributed by atoms with Gasteiger partial charge in [-0.15, -0.1) is 0 Å². The maximum absolute atomic E-state index is 12.2. The van der Waals surface area contributed by atoms with Crippen LogP contribution >= 0.6 is 0 Å². The molecule has 6 unspecified atom stereocenters. The second-order valence-corrected chi connectivity index (χ2v) is 8.01. The van der Waals surface area contributed by atoms with Gasteiger partial charge in [0, 0.05) is 30.9 Å². The quantitative estimate of drug-likeness (QED) is 0.240. The molecule has 0 aromatic heterocycles. The molecule has 3 aliphatic rings. The third kappa shape index (κ3) is 3.90. The number of epoxide rings is 1. The van der Waals surface area contributed by atoms with E-state index in [0.717, 1.165) is 5.57 Å². The monoisotopic (exact) mass is 390 g/mol. The summed E-state index contributed by atoms with van der Waals surface area (Å²) in [6, 6.07) is 0. The van der Waals surface area contributed by atoms with Crippen LogP contribution in [-0.2, 0) is 33.3 Å². The molecule has 0 N–H and O–H groups in total. The predicted octanol–water partition coefficient (Wildman–Crippen LogP) is 2.40. The van der Waals surface area contributed by atoms with Crippen LogP contribution < -0.4 is 0 Å². The fourth-order valence-corrected chi connectivity index (χ4v) is 3.92. The van der Waals surface area contributed by atoms with Crippen molar-refractivity contribution in [2.45, 2.75) is 70.6 Å². The van der Waals surface area contributed by atoms with E-state index in [1.807, 2.05) is 13.8 Å². The van der Waals surface area contributed by atoms with Crippen LogP contribution in [0.5, 0.6) is 0 Å². The molecule has 0 aromatic rings. The molecule has 7 nitrogen and oxygen atoms in total. The first-order chi connectivity index (χ1) is 13.0. The van der Waals surface area contributed by atoms with Crippen molar-refractivity contribution in [1.82, 2.24) is 0 Å². The van der Waals surface area contributed by atoms with Crippen LogP contribution in [-0.4, -0.2) is 47.9 Å². The Hall–Kier alpha value is -2.41. The van der Waals surface area contributed by atoms with E-state index in [1.165, 1.54) is 6.92 Å². The van der Waals surface area contributed by atoms with Crippen molar-refractivity contribution in [2.24, 2.45) is 5.92 Å². The van der Waals surface area contributed by atoms with Gasteiger partial charge in [0.1, 0.15) is 18.3 Å². The van der Waals surface area contributed by atoms with Crippen LogP contribution in [0.25, 0.3) is 0 Å². The first-order valence-corrected chi connectivity index (χ1v) is 9.31. The summed E-state index contributed by atoms with van der Waals surface area (Å²) < 4.78 is 22.5. The third-order valence-electron chi connectivity index (χ3n) is 5.58. The largest absolute Gasteiger partial charge is 0.458 e. The number of hydrogen-bond acceptors (Lipinski definition) is 7. The Morgan fingerprint density at radius 1 is 1.29 bits per heavy atom. The van der Waals surface area contributed by atoms with Gasteiger partial charge in [-0.05, 0) is 32.4 Å². The molecule has 1 aliphatic carbocycles. The van der Waals surface area contributed by atoms with Crippen molar-refractivity contribution in [3.05, 3.63) is 36.0 Å². The maximum atomic E-state index is 12.2. The van der Waals surface area contributed by atoms with Crippen LogP contribution in [0.4, 0.5) is 0 Å². The minimum absolute atomic E-state index is 0.158. The van der Waals surface area contributed by atoms with Gasteiger partial charge in [0.05, 0.1) is 17.6 Å². The number of hydrogen-bond donors (Lipinski definition) is 0. The lowest BCUT2D eigenvalue weighted by molar-refractivity contribution is -0.149. The Bertz CT molecular complexity index is 780. The molecule has 2 heterocycles. The number of carbonyl (C=O) groups excluding carboxylic acids is 3. The molecule has 0 amide bonds. The Kier molecular flexibility index (Phi) is 5.23. The molecule has 7 heteroatoms. The lowest BCUT2D eigenvalue weighted by Crippen LogP contribution is -2.38. The van der Waals surface area contributed by atoms with Crippen molar-refractivity contribution >= 4 is 17.9 Å². The zero-order valence-corrected chi connectivity index (χ0v) is 16.7. The van der Waals surface area contributed by atoms with Crippen LogP contribution in [0.15, 0.2) is 36.0 Å². The lowest BCUT2D eigenvalue weighted by Gasteiger charge is -2.29. The standard InChI is InChI=1S/C21H26O7/c1-10(2)19(23)27-16-9-21(6)17(28-21)8-14(25-13(5)22)11(3)7-15-18(16)12(4)20(24)26-15/h7,14-18H,1,4,8-9H2,2-3,5-6H3/b11-7+. The number of rotatable bonds is 3. The first-order valence-electron chi connectivity index (χ1n) is 9.31. The van der Waals surface area contributed by atoms with E-state index < -0.39 is 47.7 Å². The molecule has 6 atom stereocenters. The van der Waals surface area contributed by atoms with Crippen LogP contribution in [0.2, 0.25) is 0 Å². The van der Waals surface area contributed by atoms with Gasteiger partial charge in [-0.1, -0.05) is 13.2 Å². The van der Waals surface area contributed by atoms with Gasteiger partial charge in [0.15, 0.2) is 0 Å². The molecule has 0 aromatic carbocycles. The average molecular weight is 390 g/mol. The minimum Gasteiger partial charge on any atom is -0.458 e. The molecule has 152 valence electrons. The molecule has 2 aliphatic heterocycles. The van der Waals surface area contributed by atoms with Gasteiger partial charge >= 0.3 is 17.9 Å². The zero-order valence-electron chi connectivity index (χ0n) is 16.7. The van der Waals surface area contributed by atoms with Gasteiger partial charge in [-0.3, -0.25) is 4.79 Å². The molecule has 28 heavy (non-hydrogen) atoms. The van der Waals surface area contributed by atoms with Crippen LogP contribution in [0.3, 0.4) is 0 Å². The minimum atomic E-state index is -0.667. The zero-order chi connectivity index (χ0) is 20.8. The van der Waals surface area contributed by atoms with Gasteiger partial charge in [-0.25, -0.2) is 9.59 Å². The summed E-state index contributed by atoms with van der Waals surface area (Å²) in [6.45, 7) is 14.1. The van der Waals surface area contributed by atoms with E-state index in [2.05, 4.69) is 13.2 Å². The Morgan fingerprint density at radius 3 is 2.57 bits per heavy atom. The summed E-state index contributed by atoms with van der Waals surface area (Å²) in [5.41, 5.74) is 0.702. The number of esters is 3. The molecule has 0 spiro atoms. The smallest absolute Gasteiger partial charge is 0.334 e. The van der Waals surface area contributed by atoms with Crippen LogP contribution in [0.1, 0.15) is 40.5 Å². The van der Waals surface area contributed by atoms with Gasteiger partial charge in [0.2, 0.25) is 0 Å². The molecule has 2 fully saturated rings. The maximum Gasteiger partial charge on any atom is 0.334 e. The highest BCUT2D eigenvalue weighted by atomic mass is 16.6. The Labute approximate surface area is 164 Å². The fraction of sp³-hybridized carbons (Fsp3) is 0.571. The van der Waals surface area contributed by atoms with Crippen LogP contribution in [0, 0.1) is 5.92 Å². The average Bonchev–Trinajstić information content (AvgIpc) is 3.11. The summed E-state index contributed by atoms with van der Waals surface area (Å²) in [6.07, 6.45) is 0.638. The van der Waals surface area contributed by atoms with Gasteiger partial charge < -0.3 is 18.9 Å². The van der Waals surface area contributed by atoms with E-state index in [9.17, 15) is 14.4 Å². The molecule has 0 saturated carbocycles. The number of carbonyl (C=O) groups is 3. The Morgan fingerprint density at radius 2 is 1.96 bits per heavy atom. The van der Waals surface area contributed by atoms with Crippen molar-refractivity contribution in [1.29, 1.82) is 0 Å². The van der Waals surface area contributed by atoms with E-state index >= 15 is 0 Å². The summed E-state index contributed by atoms with van der Waals surface area (Å²) in [4.78, 5) is 35.9.